The van der Waals surface area contributed by atoms with Crippen molar-refractivity contribution < 1.29 is 4.39 Å². The number of hydrogen-bond acceptors (Lipinski definition) is 2. The van der Waals surface area contributed by atoms with Crippen LogP contribution in [0.25, 0.3) is 0 Å². The fourth-order valence-corrected chi connectivity index (χ4v) is 3.61. The maximum absolute atomic E-state index is 13.5. The fraction of sp³-hybridized carbons (Fsp3) is 0.588. The zero-order chi connectivity index (χ0) is 14.3. The third-order valence-corrected chi connectivity index (χ3v) is 5.03. The first-order valence-electron chi connectivity index (χ1n) is 7.55. The molecule has 4 atom stereocenters. The monoisotopic (exact) mass is 274 g/mol. The molecular formula is C17H23FN2. The number of allylic oxidation sites excluding steroid dienone is 3. The molecule has 0 fully saturated rings. The van der Waals surface area contributed by atoms with E-state index >= 15 is 0 Å². The van der Waals surface area contributed by atoms with Crippen LogP contribution >= 0.6 is 0 Å². The van der Waals surface area contributed by atoms with Gasteiger partial charge in [-0.15, -0.1) is 0 Å². The van der Waals surface area contributed by atoms with Crippen molar-refractivity contribution in [3.63, 3.8) is 0 Å². The molecule has 0 radical (unpaired) electrons. The minimum absolute atomic E-state index is 0.0405. The molecule has 0 amide bonds. The van der Waals surface area contributed by atoms with E-state index in [9.17, 15) is 4.39 Å². The lowest BCUT2D eigenvalue weighted by Crippen LogP contribution is -2.40. The Morgan fingerprint density at radius 1 is 1.30 bits per heavy atom. The molecular weight excluding hydrogens is 251 g/mol. The average molecular weight is 274 g/mol. The van der Waals surface area contributed by atoms with Crippen LogP contribution in [0.5, 0.6) is 0 Å². The molecule has 2 heterocycles. The van der Waals surface area contributed by atoms with Crippen molar-refractivity contribution in [1.29, 1.82) is 0 Å². The smallest absolute Gasteiger partial charge is 0.103 e. The van der Waals surface area contributed by atoms with E-state index in [2.05, 4.69) is 37.2 Å². The van der Waals surface area contributed by atoms with E-state index in [-0.39, 0.29) is 11.9 Å². The van der Waals surface area contributed by atoms with Gasteiger partial charge in [-0.3, -0.25) is 9.89 Å². The van der Waals surface area contributed by atoms with Gasteiger partial charge in [-0.1, -0.05) is 18.2 Å². The average Bonchev–Trinajstić information content (AvgIpc) is 3.01. The van der Waals surface area contributed by atoms with Gasteiger partial charge in [-0.25, -0.2) is 4.39 Å². The summed E-state index contributed by atoms with van der Waals surface area (Å²) in [5, 5.41) is 0. The number of likely N-dealkylation sites (N-methyl/N-ethyl adjacent to an activating group) is 1. The lowest BCUT2D eigenvalue weighted by molar-refractivity contribution is 0.206. The molecule has 2 aliphatic heterocycles. The highest BCUT2D eigenvalue weighted by Gasteiger charge is 2.38. The van der Waals surface area contributed by atoms with E-state index in [4.69, 9.17) is 4.99 Å². The quantitative estimate of drug-likeness (QED) is 0.702. The number of aliphatic imine (C=N–C) groups is 1. The minimum atomic E-state index is 0.0405. The van der Waals surface area contributed by atoms with Crippen molar-refractivity contribution in [2.75, 3.05) is 7.05 Å². The van der Waals surface area contributed by atoms with E-state index in [0.29, 0.717) is 24.4 Å². The SMILES string of the molecule is CC1=C(F)CCC(C2N=CCC2C2C=CC(C)N2C)=C1. The normalized spacial score (nSPS) is 37.9. The van der Waals surface area contributed by atoms with Crippen LogP contribution in [0.4, 0.5) is 4.39 Å². The zero-order valence-corrected chi connectivity index (χ0v) is 12.5. The maximum Gasteiger partial charge on any atom is 0.103 e. The summed E-state index contributed by atoms with van der Waals surface area (Å²) in [7, 11) is 2.19. The molecule has 0 aromatic rings. The molecule has 2 nitrogen and oxygen atoms in total. The topological polar surface area (TPSA) is 15.6 Å². The van der Waals surface area contributed by atoms with Crippen molar-refractivity contribution in [3.8, 4) is 0 Å². The molecule has 0 spiro atoms. The Hall–Kier alpha value is -1.22. The molecule has 108 valence electrons. The summed E-state index contributed by atoms with van der Waals surface area (Å²) in [5.74, 6) is 0.542. The Morgan fingerprint density at radius 3 is 2.75 bits per heavy atom. The Bertz CT molecular complexity index is 515. The van der Waals surface area contributed by atoms with Crippen molar-refractivity contribution >= 4 is 6.21 Å². The van der Waals surface area contributed by atoms with Crippen molar-refractivity contribution in [2.45, 2.75) is 51.2 Å². The van der Waals surface area contributed by atoms with Gasteiger partial charge in [0.2, 0.25) is 0 Å². The molecule has 20 heavy (non-hydrogen) atoms. The fourth-order valence-electron chi connectivity index (χ4n) is 3.61. The van der Waals surface area contributed by atoms with Crippen LogP contribution in [0.3, 0.4) is 0 Å². The molecule has 3 heteroatoms. The highest BCUT2D eigenvalue weighted by atomic mass is 19.1. The van der Waals surface area contributed by atoms with Gasteiger partial charge in [0.25, 0.3) is 0 Å². The van der Waals surface area contributed by atoms with Crippen LogP contribution in [-0.4, -0.2) is 36.3 Å². The molecule has 4 unspecified atom stereocenters. The first kappa shape index (κ1) is 13.7. The zero-order valence-electron chi connectivity index (χ0n) is 12.5. The lowest BCUT2D eigenvalue weighted by Gasteiger charge is -2.33. The second-order valence-electron chi connectivity index (χ2n) is 6.26. The number of hydrogen-bond donors (Lipinski definition) is 0. The van der Waals surface area contributed by atoms with Crippen LogP contribution < -0.4 is 0 Å². The van der Waals surface area contributed by atoms with E-state index in [1.807, 2.05) is 13.0 Å². The standard InChI is InChI=1S/C17H23FN2/c1-11-10-13(5-6-15(11)18)17-14(8-9-19-17)16-7-4-12(2)20(16)3/h4,7,9-10,12,14,16-17H,5-6,8H2,1-3H3. The predicted octanol–water partition coefficient (Wildman–Crippen LogP) is 3.67. The van der Waals surface area contributed by atoms with E-state index in [1.165, 1.54) is 5.57 Å². The van der Waals surface area contributed by atoms with Gasteiger partial charge < -0.3 is 0 Å². The number of halogens is 1. The van der Waals surface area contributed by atoms with Gasteiger partial charge in [0, 0.05) is 24.4 Å². The van der Waals surface area contributed by atoms with E-state index in [1.54, 1.807) is 0 Å². The molecule has 0 aromatic carbocycles. The summed E-state index contributed by atoms with van der Waals surface area (Å²) < 4.78 is 13.5. The first-order valence-corrected chi connectivity index (χ1v) is 7.55. The Kier molecular flexibility index (Phi) is 3.63. The van der Waals surface area contributed by atoms with Crippen LogP contribution in [0.1, 0.15) is 33.1 Å². The molecule has 3 rings (SSSR count). The van der Waals surface area contributed by atoms with Gasteiger partial charge in [0.1, 0.15) is 5.83 Å². The van der Waals surface area contributed by atoms with E-state index in [0.717, 1.165) is 18.4 Å². The van der Waals surface area contributed by atoms with Crippen LogP contribution in [-0.2, 0) is 0 Å². The highest BCUT2D eigenvalue weighted by Crippen LogP contribution is 2.37. The van der Waals surface area contributed by atoms with Crippen molar-refractivity contribution in [2.24, 2.45) is 10.9 Å². The predicted molar refractivity (Wildman–Crippen MR) is 81.7 cm³/mol. The summed E-state index contributed by atoms with van der Waals surface area (Å²) in [4.78, 5) is 7.12. The molecule has 3 aliphatic rings. The number of rotatable bonds is 2. The highest BCUT2D eigenvalue weighted by molar-refractivity contribution is 5.62. The first-order chi connectivity index (χ1) is 9.58. The summed E-state index contributed by atoms with van der Waals surface area (Å²) in [6.45, 7) is 4.09. The Morgan fingerprint density at radius 2 is 2.10 bits per heavy atom. The van der Waals surface area contributed by atoms with Crippen LogP contribution in [0.15, 0.2) is 40.2 Å². The second-order valence-corrected chi connectivity index (χ2v) is 6.26. The molecule has 0 bridgehead atoms. The van der Waals surface area contributed by atoms with Gasteiger partial charge in [-0.05, 0) is 51.1 Å². The van der Waals surface area contributed by atoms with Gasteiger partial charge >= 0.3 is 0 Å². The third-order valence-electron chi connectivity index (χ3n) is 5.03. The second kappa shape index (κ2) is 5.28. The third kappa shape index (κ3) is 2.28. The Labute approximate surface area is 120 Å². The molecule has 0 saturated heterocycles. The lowest BCUT2D eigenvalue weighted by atomic mass is 9.83. The van der Waals surface area contributed by atoms with Gasteiger partial charge in [0.15, 0.2) is 0 Å². The van der Waals surface area contributed by atoms with Crippen molar-refractivity contribution in [1.82, 2.24) is 4.90 Å². The molecule has 0 aromatic heterocycles. The summed E-state index contributed by atoms with van der Waals surface area (Å²) in [6.07, 6.45) is 11.1. The van der Waals surface area contributed by atoms with Gasteiger partial charge in [-0.2, -0.15) is 0 Å². The number of nitrogens with zero attached hydrogens (tertiary/aromatic N) is 2. The molecule has 0 N–H and O–H groups in total. The minimum Gasteiger partial charge on any atom is -0.293 e. The Balaban J connectivity index is 1.82. The summed E-state index contributed by atoms with van der Waals surface area (Å²) in [6, 6.07) is 1.19. The van der Waals surface area contributed by atoms with Gasteiger partial charge in [0.05, 0.1) is 6.04 Å². The van der Waals surface area contributed by atoms with Crippen LogP contribution in [0, 0.1) is 5.92 Å². The largest absolute Gasteiger partial charge is 0.293 e. The summed E-state index contributed by atoms with van der Waals surface area (Å²) in [5.41, 5.74) is 2.10. The van der Waals surface area contributed by atoms with Crippen LogP contribution in [0.2, 0.25) is 0 Å². The molecule has 0 saturated carbocycles. The van der Waals surface area contributed by atoms with Crippen molar-refractivity contribution in [3.05, 3.63) is 35.2 Å². The maximum atomic E-state index is 13.5. The summed E-state index contributed by atoms with van der Waals surface area (Å²) >= 11 is 0. The molecule has 1 aliphatic carbocycles. The van der Waals surface area contributed by atoms with E-state index < -0.39 is 0 Å².